The van der Waals surface area contributed by atoms with Crippen LogP contribution in [0.4, 0.5) is 0 Å². The number of rotatable bonds is 2. The number of hydrogen-bond donors (Lipinski definition) is 1. The molecule has 0 spiro atoms. The van der Waals surface area contributed by atoms with Crippen LogP contribution in [0.25, 0.3) is 0 Å². The Hall–Kier alpha value is -1.03. The van der Waals surface area contributed by atoms with Crippen molar-refractivity contribution in [2.75, 3.05) is 0 Å². The van der Waals surface area contributed by atoms with E-state index < -0.39 is 0 Å². The molecule has 2 N–H and O–H groups in total. The van der Waals surface area contributed by atoms with Crippen LogP contribution in [0.5, 0.6) is 0 Å². The average molecular weight is 192 g/mol. The highest BCUT2D eigenvalue weighted by Crippen LogP contribution is 2.30. The van der Waals surface area contributed by atoms with Gasteiger partial charge in [-0.2, -0.15) is 5.10 Å². The van der Waals surface area contributed by atoms with Crippen molar-refractivity contribution < 1.29 is 0 Å². The second-order valence-electron chi connectivity index (χ2n) is 3.84. The van der Waals surface area contributed by atoms with E-state index in [4.69, 9.17) is 5.73 Å². The molecule has 0 amide bonds. The molecular formula is C10H16N4. The molecule has 1 aromatic rings. The standard InChI is InChI=1S/C10H16N4/c11-6-10-13-9(7-12-14-10)8-4-2-1-3-5-8/h7-8H,1-6,11H2. The van der Waals surface area contributed by atoms with Gasteiger partial charge >= 0.3 is 0 Å². The van der Waals surface area contributed by atoms with Gasteiger partial charge in [0.15, 0.2) is 5.82 Å². The molecule has 0 atom stereocenters. The van der Waals surface area contributed by atoms with Crippen LogP contribution in [0.3, 0.4) is 0 Å². The highest BCUT2D eigenvalue weighted by molar-refractivity contribution is 5.04. The van der Waals surface area contributed by atoms with Gasteiger partial charge in [0.25, 0.3) is 0 Å². The van der Waals surface area contributed by atoms with Crippen LogP contribution < -0.4 is 5.73 Å². The van der Waals surface area contributed by atoms with E-state index >= 15 is 0 Å². The second-order valence-corrected chi connectivity index (χ2v) is 3.84. The lowest BCUT2D eigenvalue weighted by Crippen LogP contribution is -2.11. The fraction of sp³-hybridized carbons (Fsp3) is 0.700. The van der Waals surface area contributed by atoms with Crippen molar-refractivity contribution in [3.8, 4) is 0 Å². The van der Waals surface area contributed by atoms with Crippen LogP contribution in [-0.2, 0) is 6.54 Å². The minimum Gasteiger partial charge on any atom is -0.324 e. The molecule has 1 fully saturated rings. The van der Waals surface area contributed by atoms with E-state index in [1.165, 1.54) is 32.1 Å². The molecule has 0 saturated heterocycles. The van der Waals surface area contributed by atoms with Crippen molar-refractivity contribution in [2.24, 2.45) is 5.73 Å². The van der Waals surface area contributed by atoms with E-state index in [0.29, 0.717) is 18.3 Å². The molecule has 1 aromatic heterocycles. The Kier molecular flexibility index (Phi) is 3.03. The molecule has 0 unspecified atom stereocenters. The Bertz CT molecular complexity index is 294. The molecule has 1 heterocycles. The van der Waals surface area contributed by atoms with Gasteiger partial charge in [0, 0.05) is 5.92 Å². The van der Waals surface area contributed by atoms with E-state index in [9.17, 15) is 0 Å². The van der Waals surface area contributed by atoms with Crippen LogP contribution in [0.2, 0.25) is 0 Å². The summed E-state index contributed by atoms with van der Waals surface area (Å²) >= 11 is 0. The Balaban J connectivity index is 2.13. The molecular weight excluding hydrogens is 176 g/mol. The summed E-state index contributed by atoms with van der Waals surface area (Å²) in [5.74, 6) is 1.25. The molecule has 1 aliphatic rings. The quantitative estimate of drug-likeness (QED) is 0.768. The molecule has 1 saturated carbocycles. The fourth-order valence-electron chi connectivity index (χ4n) is 2.04. The van der Waals surface area contributed by atoms with Gasteiger partial charge in [-0.25, -0.2) is 4.98 Å². The highest BCUT2D eigenvalue weighted by Gasteiger charge is 2.17. The Labute approximate surface area is 83.9 Å². The first-order valence-corrected chi connectivity index (χ1v) is 5.28. The van der Waals surface area contributed by atoms with E-state index in [2.05, 4.69) is 15.2 Å². The molecule has 0 bridgehead atoms. The summed E-state index contributed by atoms with van der Waals surface area (Å²) in [4.78, 5) is 4.42. The van der Waals surface area contributed by atoms with Crippen molar-refractivity contribution in [3.05, 3.63) is 17.7 Å². The Morgan fingerprint density at radius 1 is 1.29 bits per heavy atom. The molecule has 1 aliphatic carbocycles. The topological polar surface area (TPSA) is 64.7 Å². The van der Waals surface area contributed by atoms with Crippen molar-refractivity contribution in [1.82, 2.24) is 15.2 Å². The number of aromatic nitrogens is 3. The highest BCUT2D eigenvalue weighted by atomic mass is 15.1. The lowest BCUT2D eigenvalue weighted by atomic mass is 9.87. The van der Waals surface area contributed by atoms with E-state index in [1.54, 1.807) is 6.20 Å². The van der Waals surface area contributed by atoms with Gasteiger partial charge in [0.05, 0.1) is 18.4 Å². The Morgan fingerprint density at radius 2 is 2.07 bits per heavy atom. The SMILES string of the molecule is NCc1nncc(C2CCCCC2)n1. The monoisotopic (exact) mass is 192 g/mol. The second kappa shape index (κ2) is 4.46. The number of nitrogens with zero attached hydrogens (tertiary/aromatic N) is 3. The molecule has 0 aliphatic heterocycles. The van der Waals surface area contributed by atoms with Gasteiger partial charge in [0.1, 0.15) is 0 Å². The van der Waals surface area contributed by atoms with Gasteiger partial charge in [-0.05, 0) is 12.8 Å². The maximum Gasteiger partial charge on any atom is 0.164 e. The molecule has 4 nitrogen and oxygen atoms in total. The normalized spacial score (nSPS) is 18.4. The zero-order chi connectivity index (χ0) is 9.80. The number of nitrogens with two attached hydrogens (primary N) is 1. The van der Waals surface area contributed by atoms with Crippen LogP contribution >= 0.6 is 0 Å². The Morgan fingerprint density at radius 3 is 2.79 bits per heavy atom. The lowest BCUT2D eigenvalue weighted by molar-refractivity contribution is 0.433. The van der Waals surface area contributed by atoms with E-state index in [0.717, 1.165) is 5.69 Å². The average Bonchev–Trinajstić information content (AvgIpc) is 2.30. The summed E-state index contributed by atoms with van der Waals surface area (Å²) in [6, 6.07) is 0. The van der Waals surface area contributed by atoms with Crippen molar-refractivity contribution in [3.63, 3.8) is 0 Å². The third kappa shape index (κ3) is 2.07. The minimum atomic E-state index is 0.383. The van der Waals surface area contributed by atoms with Crippen molar-refractivity contribution >= 4 is 0 Å². The molecule has 0 radical (unpaired) electrons. The van der Waals surface area contributed by atoms with Crippen LogP contribution in [0.1, 0.15) is 49.5 Å². The molecule has 14 heavy (non-hydrogen) atoms. The van der Waals surface area contributed by atoms with E-state index in [-0.39, 0.29) is 0 Å². The van der Waals surface area contributed by atoms with Crippen LogP contribution in [-0.4, -0.2) is 15.2 Å². The third-order valence-electron chi connectivity index (χ3n) is 2.83. The summed E-state index contributed by atoms with van der Waals surface area (Å²) in [5, 5.41) is 7.80. The van der Waals surface area contributed by atoms with Gasteiger partial charge in [-0.1, -0.05) is 19.3 Å². The van der Waals surface area contributed by atoms with Gasteiger partial charge in [-0.15, -0.1) is 5.10 Å². The predicted molar refractivity (Wildman–Crippen MR) is 53.5 cm³/mol. The van der Waals surface area contributed by atoms with Gasteiger partial charge in [0.2, 0.25) is 0 Å². The zero-order valence-corrected chi connectivity index (χ0v) is 8.32. The van der Waals surface area contributed by atoms with Gasteiger partial charge < -0.3 is 5.73 Å². The summed E-state index contributed by atoms with van der Waals surface area (Å²) in [6.45, 7) is 0.383. The van der Waals surface area contributed by atoms with Crippen molar-refractivity contribution in [1.29, 1.82) is 0 Å². The molecule has 4 heteroatoms. The zero-order valence-electron chi connectivity index (χ0n) is 8.32. The molecule has 76 valence electrons. The largest absolute Gasteiger partial charge is 0.324 e. The first-order valence-electron chi connectivity index (χ1n) is 5.28. The minimum absolute atomic E-state index is 0.383. The lowest BCUT2D eigenvalue weighted by Gasteiger charge is -2.20. The summed E-state index contributed by atoms with van der Waals surface area (Å²) in [7, 11) is 0. The fourth-order valence-corrected chi connectivity index (χ4v) is 2.04. The summed E-state index contributed by atoms with van der Waals surface area (Å²) < 4.78 is 0. The van der Waals surface area contributed by atoms with Crippen molar-refractivity contribution in [2.45, 2.75) is 44.6 Å². The number of hydrogen-bond acceptors (Lipinski definition) is 4. The predicted octanol–water partition coefficient (Wildman–Crippen LogP) is 1.38. The van der Waals surface area contributed by atoms with Crippen LogP contribution in [0.15, 0.2) is 6.20 Å². The first-order chi connectivity index (χ1) is 6.90. The maximum atomic E-state index is 5.48. The first kappa shape index (κ1) is 9.52. The summed E-state index contributed by atoms with van der Waals surface area (Å²) in [6.07, 6.45) is 8.25. The smallest absolute Gasteiger partial charge is 0.164 e. The summed E-state index contributed by atoms with van der Waals surface area (Å²) in [5.41, 5.74) is 6.57. The van der Waals surface area contributed by atoms with Crippen LogP contribution in [0, 0.1) is 0 Å². The van der Waals surface area contributed by atoms with E-state index in [1.807, 2.05) is 0 Å². The van der Waals surface area contributed by atoms with Gasteiger partial charge in [-0.3, -0.25) is 0 Å². The third-order valence-corrected chi connectivity index (χ3v) is 2.83. The molecule has 0 aromatic carbocycles. The maximum absolute atomic E-state index is 5.48. The molecule has 2 rings (SSSR count).